The molecule has 1 heterocycles. The van der Waals surface area contributed by atoms with Crippen molar-refractivity contribution >= 4 is 7.28 Å². The summed E-state index contributed by atoms with van der Waals surface area (Å²) in [6, 6.07) is 2.11. The van der Waals surface area contributed by atoms with E-state index in [1.165, 1.54) is 0 Å². The van der Waals surface area contributed by atoms with Gasteiger partial charge in [0.15, 0.2) is 13.1 Å². The molecule has 0 atom stereocenters. The number of allylic oxidation sites excluding steroid dienone is 2. The van der Waals surface area contributed by atoms with Gasteiger partial charge < -0.3 is 9.47 Å². The summed E-state index contributed by atoms with van der Waals surface area (Å²) in [6.07, 6.45) is -1.78. The molecule has 0 aromatic rings. The highest BCUT2D eigenvalue weighted by molar-refractivity contribution is 6.47. The zero-order valence-corrected chi connectivity index (χ0v) is 11.8. The first-order valence-corrected chi connectivity index (χ1v) is 7.24. The van der Waals surface area contributed by atoms with Crippen LogP contribution >= 0.6 is 0 Å². The molecule has 3 nitrogen and oxygen atoms in total. The van der Waals surface area contributed by atoms with Gasteiger partial charge in [-0.1, -0.05) is 18.3 Å². The monoisotopic (exact) mass is 300 g/mol. The lowest BCUT2D eigenvalue weighted by atomic mass is 9.62. The molecular formula is C14H18BF3NO2. The van der Waals surface area contributed by atoms with Crippen molar-refractivity contribution in [2.45, 2.75) is 56.8 Å². The van der Waals surface area contributed by atoms with E-state index in [-0.39, 0.29) is 12.7 Å². The molecule has 1 saturated heterocycles. The van der Waals surface area contributed by atoms with Gasteiger partial charge >= 0.3 is 6.18 Å². The lowest BCUT2D eigenvalue weighted by Crippen LogP contribution is -2.33. The Kier molecular flexibility index (Phi) is 5.34. The van der Waals surface area contributed by atoms with Crippen LogP contribution in [0.15, 0.2) is 11.0 Å². The summed E-state index contributed by atoms with van der Waals surface area (Å²) in [6.45, 7) is 1.21. The van der Waals surface area contributed by atoms with Crippen molar-refractivity contribution in [3.8, 4) is 6.07 Å². The van der Waals surface area contributed by atoms with Crippen molar-refractivity contribution in [3.05, 3.63) is 11.0 Å². The number of alkyl halides is 3. The molecule has 1 saturated carbocycles. The highest BCUT2D eigenvalue weighted by atomic mass is 19.4. The molecule has 1 aliphatic heterocycles. The van der Waals surface area contributed by atoms with Gasteiger partial charge in [-0.25, -0.2) is 0 Å². The predicted octanol–water partition coefficient (Wildman–Crippen LogP) is 3.55. The number of nitrogens with zero attached hydrogens (tertiary/aromatic N) is 1. The highest BCUT2D eigenvalue weighted by Crippen LogP contribution is 2.39. The molecular weight excluding hydrogens is 282 g/mol. The molecule has 1 aliphatic carbocycles. The fraction of sp³-hybridized carbons (Fsp3) is 0.786. The summed E-state index contributed by atoms with van der Waals surface area (Å²) >= 11 is 0. The Labute approximate surface area is 123 Å². The molecule has 0 unspecified atom stereocenters. The minimum atomic E-state index is -4.12. The van der Waals surface area contributed by atoms with Gasteiger partial charge in [0.2, 0.25) is 0 Å². The molecule has 0 aromatic carbocycles. The second-order valence-electron chi connectivity index (χ2n) is 5.45. The summed E-state index contributed by atoms with van der Waals surface area (Å²) in [5.74, 6) is -0.486. The van der Waals surface area contributed by atoms with E-state index in [1.54, 1.807) is 7.28 Å². The molecule has 2 aliphatic rings. The number of ether oxygens (including phenoxy) is 2. The lowest BCUT2D eigenvalue weighted by Gasteiger charge is -2.33. The molecule has 21 heavy (non-hydrogen) atoms. The zero-order chi connectivity index (χ0) is 15.3. The van der Waals surface area contributed by atoms with Gasteiger partial charge in [0.25, 0.3) is 0 Å². The van der Waals surface area contributed by atoms with Crippen molar-refractivity contribution < 1.29 is 22.6 Å². The van der Waals surface area contributed by atoms with Crippen LogP contribution in [0.5, 0.6) is 0 Å². The molecule has 1 spiro atoms. The minimum absolute atomic E-state index is 0.0259. The third-order valence-electron chi connectivity index (χ3n) is 3.94. The quantitative estimate of drug-likeness (QED) is 0.453. The lowest BCUT2D eigenvalue weighted by molar-refractivity contribution is -0.171. The zero-order valence-electron chi connectivity index (χ0n) is 11.8. The molecule has 115 valence electrons. The molecule has 0 amide bonds. The van der Waals surface area contributed by atoms with E-state index in [2.05, 4.69) is 6.07 Å². The van der Waals surface area contributed by atoms with Crippen molar-refractivity contribution in [2.24, 2.45) is 0 Å². The van der Waals surface area contributed by atoms with Crippen molar-refractivity contribution in [2.75, 3.05) is 13.2 Å². The Bertz CT molecular complexity index is 424. The Balaban J connectivity index is 1.82. The standard InChI is InChI=1S/C14H18BF3NO2/c16-14(17,18)4-1-7-15-12(10-19)11-2-5-13(6-3-11)20-8-9-21-13/h1-9H2. The van der Waals surface area contributed by atoms with Crippen LogP contribution in [0.2, 0.25) is 6.32 Å². The Morgan fingerprint density at radius 3 is 2.38 bits per heavy atom. The number of halogens is 3. The third-order valence-corrected chi connectivity index (χ3v) is 3.94. The fourth-order valence-electron chi connectivity index (χ4n) is 2.81. The number of hydrogen-bond donors (Lipinski definition) is 0. The molecule has 2 rings (SSSR count). The van der Waals surface area contributed by atoms with E-state index < -0.39 is 18.4 Å². The Hall–Kier alpha value is -0.995. The second-order valence-corrected chi connectivity index (χ2v) is 5.45. The predicted molar refractivity (Wildman–Crippen MR) is 71.6 cm³/mol. The number of rotatable bonds is 4. The number of nitriles is 1. The van der Waals surface area contributed by atoms with Gasteiger partial charge in [-0.2, -0.15) is 18.4 Å². The van der Waals surface area contributed by atoms with Crippen LogP contribution in [0, 0.1) is 11.3 Å². The maximum Gasteiger partial charge on any atom is 0.389 e. The van der Waals surface area contributed by atoms with E-state index in [4.69, 9.17) is 9.47 Å². The van der Waals surface area contributed by atoms with Gasteiger partial charge in [0.05, 0.1) is 19.3 Å². The van der Waals surface area contributed by atoms with Gasteiger partial charge in [0, 0.05) is 19.3 Å². The summed E-state index contributed by atoms with van der Waals surface area (Å²) in [5, 5.41) is 9.17. The molecule has 2 fully saturated rings. The summed E-state index contributed by atoms with van der Waals surface area (Å²) in [4.78, 5) is 0. The van der Waals surface area contributed by atoms with Crippen molar-refractivity contribution in [1.29, 1.82) is 5.26 Å². The summed E-state index contributed by atoms with van der Waals surface area (Å²) in [5.41, 5.74) is 1.54. The molecule has 0 N–H and O–H groups in total. The van der Waals surface area contributed by atoms with Crippen molar-refractivity contribution in [1.82, 2.24) is 0 Å². The van der Waals surface area contributed by atoms with Crippen LogP contribution in [0.25, 0.3) is 0 Å². The van der Waals surface area contributed by atoms with Gasteiger partial charge in [-0.15, -0.1) is 0 Å². The highest BCUT2D eigenvalue weighted by Gasteiger charge is 2.39. The Morgan fingerprint density at radius 1 is 1.24 bits per heavy atom. The minimum Gasteiger partial charge on any atom is -0.348 e. The normalized spacial score (nSPS) is 21.3. The molecule has 1 radical (unpaired) electrons. The van der Waals surface area contributed by atoms with Crippen molar-refractivity contribution in [3.63, 3.8) is 0 Å². The van der Waals surface area contributed by atoms with E-state index in [9.17, 15) is 18.4 Å². The SMILES string of the molecule is N#CC([B]CCCC(F)(F)F)=C1CCC2(CC1)OCCO2. The van der Waals surface area contributed by atoms with Crippen LogP contribution in [0.4, 0.5) is 13.2 Å². The fourth-order valence-corrected chi connectivity index (χ4v) is 2.81. The van der Waals surface area contributed by atoms with E-state index >= 15 is 0 Å². The van der Waals surface area contributed by atoms with Gasteiger partial charge in [-0.3, -0.25) is 0 Å². The average Bonchev–Trinajstić information content (AvgIpc) is 2.88. The topological polar surface area (TPSA) is 42.2 Å². The first-order chi connectivity index (χ1) is 9.94. The van der Waals surface area contributed by atoms with Gasteiger partial charge in [-0.05, 0) is 18.3 Å². The van der Waals surface area contributed by atoms with Crippen LogP contribution < -0.4 is 0 Å². The maximum atomic E-state index is 12.1. The molecule has 0 aromatic heterocycles. The third kappa shape index (κ3) is 4.75. The largest absolute Gasteiger partial charge is 0.389 e. The molecule has 0 bridgehead atoms. The van der Waals surface area contributed by atoms with Crippen LogP contribution in [0.1, 0.15) is 38.5 Å². The van der Waals surface area contributed by atoms with Crippen LogP contribution in [-0.4, -0.2) is 32.5 Å². The van der Waals surface area contributed by atoms with Crippen LogP contribution in [-0.2, 0) is 9.47 Å². The number of hydrogen-bond acceptors (Lipinski definition) is 3. The van der Waals surface area contributed by atoms with E-state index in [1.807, 2.05) is 0 Å². The second kappa shape index (κ2) is 6.84. The smallest absolute Gasteiger partial charge is 0.348 e. The van der Waals surface area contributed by atoms with Gasteiger partial charge in [0.1, 0.15) is 0 Å². The summed E-state index contributed by atoms with van der Waals surface area (Å²) in [7, 11) is 1.63. The van der Waals surface area contributed by atoms with E-state index in [0.29, 0.717) is 44.4 Å². The first-order valence-electron chi connectivity index (χ1n) is 7.24. The molecule has 7 heteroatoms. The van der Waals surface area contributed by atoms with E-state index in [0.717, 1.165) is 5.57 Å². The Morgan fingerprint density at radius 2 is 1.86 bits per heavy atom. The maximum absolute atomic E-state index is 12.1. The van der Waals surface area contributed by atoms with Crippen LogP contribution in [0.3, 0.4) is 0 Å². The first kappa shape index (κ1) is 16.4. The average molecular weight is 300 g/mol. The summed E-state index contributed by atoms with van der Waals surface area (Å²) < 4.78 is 47.4.